The molecule has 0 saturated carbocycles. The average molecular weight is 307 g/mol. The summed E-state index contributed by atoms with van der Waals surface area (Å²) in [5, 5.41) is 0. The lowest BCUT2D eigenvalue weighted by molar-refractivity contribution is -0.149. The van der Waals surface area contributed by atoms with Crippen molar-refractivity contribution in [3.05, 3.63) is 24.3 Å². The van der Waals surface area contributed by atoms with Gasteiger partial charge in [0.1, 0.15) is 11.5 Å². The third-order valence-corrected chi connectivity index (χ3v) is 3.79. The summed E-state index contributed by atoms with van der Waals surface area (Å²) >= 11 is 0. The van der Waals surface area contributed by atoms with Gasteiger partial charge in [0.15, 0.2) is 6.61 Å². The summed E-state index contributed by atoms with van der Waals surface area (Å²) in [6, 6.07) is 7.13. The van der Waals surface area contributed by atoms with E-state index in [0.717, 1.165) is 0 Å². The summed E-state index contributed by atoms with van der Waals surface area (Å²) in [7, 11) is 2.97. The highest BCUT2D eigenvalue weighted by Crippen LogP contribution is 2.20. The molecule has 1 aromatic carbocycles. The van der Waals surface area contributed by atoms with Crippen molar-refractivity contribution in [3.63, 3.8) is 0 Å². The van der Waals surface area contributed by atoms with Gasteiger partial charge in [-0.05, 0) is 25.0 Å². The van der Waals surface area contributed by atoms with Crippen LogP contribution in [0, 0.1) is 5.92 Å². The van der Waals surface area contributed by atoms with E-state index in [1.165, 1.54) is 7.11 Å². The lowest BCUT2D eigenvalue weighted by Gasteiger charge is -2.30. The molecule has 2 rings (SSSR count). The van der Waals surface area contributed by atoms with Gasteiger partial charge in [-0.2, -0.15) is 0 Å². The fourth-order valence-electron chi connectivity index (χ4n) is 2.46. The molecule has 0 aromatic heterocycles. The monoisotopic (exact) mass is 307 g/mol. The van der Waals surface area contributed by atoms with Crippen molar-refractivity contribution in [3.8, 4) is 11.5 Å². The van der Waals surface area contributed by atoms with Crippen molar-refractivity contribution in [2.24, 2.45) is 5.92 Å². The Labute approximate surface area is 129 Å². The van der Waals surface area contributed by atoms with E-state index in [0.29, 0.717) is 37.4 Å². The zero-order valence-corrected chi connectivity index (χ0v) is 12.9. The molecule has 1 aromatic rings. The highest BCUT2D eigenvalue weighted by Gasteiger charge is 2.27. The van der Waals surface area contributed by atoms with Gasteiger partial charge >= 0.3 is 5.97 Å². The van der Waals surface area contributed by atoms with E-state index >= 15 is 0 Å². The van der Waals surface area contributed by atoms with Crippen LogP contribution in [0.2, 0.25) is 0 Å². The first-order valence-electron chi connectivity index (χ1n) is 7.26. The van der Waals surface area contributed by atoms with Crippen LogP contribution >= 0.6 is 0 Å². The summed E-state index contributed by atoms with van der Waals surface area (Å²) in [6.07, 6.45) is 1.27. The maximum atomic E-state index is 12.1. The Kier molecular flexibility index (Phi) is 5.63. The van der Waals surface area contributed by atoms with Crippen LogP contribution in [0.1, 0.15) is 12.8 Å². The number of likely N-dealkylation sites (tertiary alicyclic amines) is 1. The normalized spacial score (nSPS) is 15.3. The molecule has 0 N–H and O–H groups in total. The number of carbonyl (C=O) groups is 2. The summed E-state index contributed by atoms with van der Waals surface area (Å²) in [4.78, 5) is 25.3. The first-order chi connectivity index (χ1) is 10.6. The quantitative estimate of drug-likeness (QED) is 0.771. The molecule has 1 amide bonds. The van der Waals surface area contributed by atoms with Gasteiger partial charge in [0, 0.05) is 19.2 Å². The number of methoxy groups -OCH3 is 2. The molecular formula is C16H21NO5. The van der Waals surface area contributed by atoms with Crippen molar-refractivity contribution in [1.82, 2.24) is 4.90 Å². The lowest BCUT2D eigenvalue weighted by atomic mass is 9.97. The predicted molar refractivity (Wildman–Crippen MR) is 79.8 cm³/mol. The lowest BCUT2D eigenvalue weighted by Crippen LogP contribution is -2.42. The van der Waals surface area contributed by atoms with E-state index in [-0.39, 0.29) is 24.4 Å². The van der Waals surface area contributed by atoms with E-state index in [9.17, 15) is 9.59 Å². The largest absolute Gasteiger partial charge is 0.497 e. The number of esters is 1. The van der Waals surface area contributed by atoms with Crippen LogP contribution in [0.4, 0.5) is 0 Å². The molecule has 22 heavy (non-hydrogen) atoms. The maximum absolute atomic E-state index is 12.1. The van der Waals surface area contributed by atoms with Crippen LogP contribution in [-0.4, -0.2) is 50.7 Å². The second-order valence-corrected chi connectivity index (χ2v) is 5.15. The average Bonchev–Trinajstić information content (AvgIpc) is 2.59. The van der Waals surface area contributed by atoms with Crippen LogP contribution in [0.25, 0.3) is 0 Å². The Balaban J connectivity index is 1.79. The number of hydrogen-bond donors (Lipinski definition) is 0. The molecule has 0 aliphatic carbocycles. The van der Waals surface area contributed by atoms with Crippen molar-refractivity contribution >= 4 is 11.9 Å². The van der Waals surface area contributed by atoms with Gasteiger partial charge in [0.25, 0.3) is 5.91 Å². The number of amides is 1. The van der Waals surface area contributed by atoms with Gasteiger partial charge in [0.2, 0.25) is 0 Å². The topological polar surface area (TPSA) is 65.1 Å². The fraction of sp³-hybridized carbons (Fsp3) is 0.500. The first kappa shape index (κ1) is 16.1. The van der Waals surface area contributed by atoms with Gasteiger partial charge in [0.05, 0.1) is 20.1 Å². The van der Waals surface area contributed by atoms with Crippen LogP contribution < -0.4 is 9.47 Å². The summed E-state index contributed by atoms with van der Waals surface area (Å²) < 4.78 is 15.3. The van der Waals surface area contributed by atoms with Crippen LogP contribution in [-0.2, 0) is 14.3 Å². The van der Waals surface area contributed by atoms with Gasteiger partial charge in [-0.3, -0.25) is 9.59 Å². The molecule has 0 spiro atoms. The molecule has 6 nitrogen and oxygen atoms in total. The summed E-state index contributed by atoms with van der Waals surface area (Å²) in [5.74, 6) is 0.903. The third kappa shape index (κ3) is 4.13. The molecule has 1 aliphatic rings. The minimum absolute atomic E-state index is 0.0178. The minimum atomic E-state index is -0.195. The summed E-state index contributed by atoms with van der Waals surface area (Å²) in [6.45, 7) is 1.09. The molecule has 1 saturated heterocycles. The van der Waals surface area contributed by atoms with Crippen molar-refractivity contribution < 1.29 is 23.8 Å². The minimum Gasteiger partial charge on any atom is -0.497 e. The predicted octanol–water partition coefficient (Wildman–Crippen LogP) is 1.49. The molecule has 0 bridgehead atoms. The highest BCUT2D eigenvalue weighted by molar-refractivity contribution is 5.78. The Bertz CT molecular complexity index is 523. The molecule has 0 atom stereocenters. The van der Waals surface area contributed by atoms with Gasteiger partial charge in [-0.1, -0.05) is 6.07 Å². The Morgan fingerprint density at radius 2 is 1.86 bits per heavy atom. The first-order valence-corrected chi connectivity index (χ1v) is 7.26. The summed E-state index contributed by atoms with van der Waals surface area (Å²) in [5.41, 5.74) is 0. The van der Waals surface area contributed by atoms with Crippen LogP contribution in [0.3, 0.4) is 0 Å². The Hall–Kier alpha value is -2.24. The molecule has 1 aliphatic heterocycles. The Morgan fingerprint density at radius 1 is 1.18 bits per heavy atom. The number of rotatable bonds is 5. The van der Waals surface area contributed by atoms with E-state index in [1.807, 2.05) is 6.07 Å². The number of piperidine rings is 1. The number of benzene rings is 1. The smallest absolute Gasteiger partial charge is 0.308 e. The SMILES string of the molecule is COC(=O)C1CCN(C(=O)COc2cccc(OC)c2)CC1. The molecule has 0 radical (unpaired) electrons. The van der Waals surface area contributed by atoms with E-state index in [2.05, 4.69) is 0 Å². The van der Waals surface area contributed by atoms with E-state index in [4.69, 9.17) is 14.2 Å². The molecular weight excluding hydrogens is 286 g/mol. The number of carbonyl (C=O) groups excluding carboxylic acids is 2. The number of hydrogen-bond acceptors (Lipinski definition) is 5. The molecule has 1 heterocycles. The molecule has 1 fully saturated rings. The fourth-order valence-corrected chi connectivity index (χ4v) is 2.46. The zero-order chi connectivity index (χ0) is 15.9. The number of nitrogens with zero attached hydrogens (tertiary/aromatic N) is 1. The highest BCUT2D eigenvalue weighted by atomic mass is 16.5. The standard InChI is InChI=1S/C16H21NO5/c1-20-13-4-3-5-14(10-13)22-11-15(18)17-8-6-12(7-9-17)16(19)21-2/h3-5,10,12H,6-9,11H2,1-2H3. The zero-order valence-electron chi connectivity index (χ0n) is 12.9. The molecule has 0 unspecified atom stereocenters. The number of ether oxygens (including phenoxy) is 3. The van der Waals surface area contributed by atoms with Gasteiger partial charge in [-0.15, -0.1) is 0 Å². The van der Waals surface area contributed by atoms with Crippen molar-refractivity contribution in [2.75, 3.05) is 33.9 Å². The van der Waals surface area contributed by atoms with E-state index < -0.39 is 0 Å². The van der Waals surface area contributed by atoms with Crippen molar-refractivity contribution in [2.45, 2.75) is 12.8 Å². The second kappa shape index (κ2) is 7.68. The van der Waals surface area contributed by atoms with Crippen LogP contribution in [0.15, 0.2) is 24.3 Å². The molecule has 6 heteroatoms. The third-order valence-electron chi connectivity index (χ3n) is 3.79. The van der Waals surface area contributed by atoms with Crippen molar-refractivity contribution in [1.29, 1.82) is 0 Å². The second-order valence-electron chi connectivity index (χ2n) is 5.15. The van der Waals surface area contributed by atoms with Gasteiger partial charge in [-0.25, -0.2) is 0 Å². The Morgan fingerprint density at radius 3 is 2.50 bits per heavy atom. The van der Waals surface area contributed by atoms with E-state index in [1.54, 1.807) is 30.2 Å². The van der Waals surface area contributed by atoms with Crippen LogP contribution in [0.5, 0.6) is 11.5 Å². The van der Waals surface area contributed by atoms with Gasteiger partial charge < -0.3 is 19.1 Å². The maximum Gasteiger partial charge on any atom is 0.308 e. The molecule has 120 valence electrons.